The van der Waals surface area contributed by atoms with Crippen LogP contribution >= 0.6 is 0 Å². The van der Waals surface area contributed by atoms with Crippen LogP contribution in [-0.2, 0) is 0 Å². The Labute approximate surface area is 168 Å². The van der Waals surface area contributed by atoms with Crippen molar-refractivity contribution < 1.29 is 14.7 Å². The van der Waals surface area contributed by atoms with Gasteiger partial charge in [0.05, 0.1) is 12.1 Å². The second kappa shape index (κ2) is 9.00. The Morgan fingerprint density at radius 1 is 1.17 bits per heavy atom. The first-order valence-electron chi connectivity index (χ1n) is 9.17. The molecule has 0 unspecified atom stereocenters. The second-order valence-electron chi connectivity index (χ2n) is 6.52. The fourth-order valence-electron chi connectivity index (χ4n) is 2.89. The zero-order chi connectivity index (χ0) is 20.8. The number of anilines is 2. The summed E-state index contributed by atoms with van der Waals surface area (Å²) < 4.78 is 0. The molecule has 2 amide bonds. The molecule has 0 aliphatic carbocycles. The average molecular weight is 397 g/mol. The van der Waals surface area contributed by atoms with E-state index in [1.165, 1.54) is 12.1 Å². The molecule has 3 rings (SSSR count). The Kier molecular flexibility index (Phi) is 6.22. The number of rotatable bonds is 6. The fraction of sp³-hybridized carbons (Fsp3) is 0.316. The molecule has 2 heterocycles. The van der Waals surface area contributed by atoms with E-state index in [4.69, 9.17) is 5.11 Å². The van der Waals surface area contributed by atoms with E-state index in [-0.39, 0.29) is 11.6 Å². The molecule has 4 N–H and O–H groups in total. The van der Waals surface area contributed by atoms with Gasteiger partial charge in [0.1, 0.15) is 11.6 Å². The van der Waals surface area contributed by atoms with Crippen molar-refractivity contribution in [3.8, 4) is 0 Å². The van der Waals surface area contributed by atoms with Crippen molar-refractivity contribution in [3.05, 3.63) is 47.4 Å². The van der Waals surface area contributed by atoms with Crippen molar-refractivity contribution >= 4 is 29.5 Å². The maximum atomic E-state index is 12.0. The number of amides is 2. The third kappa shape index (κ3) is 5.64. The Hall–Kier alpha value is -3.69. The summed E-state index contributed by atoms with van der Waals surface area (Å²) in [6, 6.07) is 7.46. The molecule has 0 atom stereocenters. The van der Waals surface area contributed by atoms with Gasteiger partial charge in [0.25, 0.3) is 0 Å². The van der Waals surface area contributed by atoms with Crippen molar-refractivity contribution in [1.82, 2.24) is 20.2 Å². The lowest BCUT2D eigenvalue weighted by molar-refractivity contribution is 0.0697. The summed E-state index contributed by atoms with van der Waals surface area (Å²) >= 11 is 0. The number of aromatic carboxylic acids is 1. The van der Waals surface area contributed by atoms with E-state index in [9.17, 15) is 9.59 Å². The van der Waals surface area contributed by atoms with Crippen molar-refractivity contribution in [2.45, 2.75) is 13.8 Å². The summed E-state index contributed by atoms with van der Waals surface area (Å²) in [5.74, 6) is 1.09. The number of carboxylic acids is 1. The smallest absolute Gasteiger partial charge is 0.335 e. The van der Waals surface area contributed by atoms with Gasteiger partial charge < -0.3 is 26.0 Å². The number of hydrogen-bond acceptors (Lipinski definition) is 7. The van der Waals surface area contributed by atoms with Gasteiger partial charge in [0.2, 0.25) is 0 Å². The van der Waals surface area contributed by atoms with Gasteiger partial charge in [0.15, 0.2) is 5.96 Å². The molecule has 10 heteroatoms. The van der Waals surface area contributed by atoms with Crippen LogP contribution in [0.5, 0.6) is 0 Å². The number of nitrogens with one attached hydrogen (secondary N) is 3. The topological polar surface area (TPSA) is 132 Å². The van der Waals surface area contributed by atoms with E-state index >= 15 is 0 Å². The largest absolute Gasteiger partial charge is 0.478 e. The summed E-state index contributed by atoms with van der Waals surface area (Å²) in [7, 11) is 0. The van der Waals surface area contributed by atoms with Gasteiger partial charge in [0, 0.05) is 37.1 Å². The maximum Gasteiger partial charge on any atom is 0.335 e. The summed E-state index contributed by atoms with van der Waals surface area (Å²) in [6.07, 6.45) is 0. The zero-order valence-electron chi connectivity index (χ0n) is 16.3. The van der Waals surface area contributed by atoms with Crippen molar-refractivity contribution in [1.29, 1.82) is 0 Å². The van der Waals surface area contributed by atoms with Crippen LogP contribution in [0.4, 0.5) is 16.3 Å². The highest BCUT2D eigenvalue weighted by Gasteiger charge is 2.17. The van der Waals surface area contributed by atoms with Gasteiger partial charge in [-0.05, 0) is 38.1 Å². The number of aliphatic imine (C=N–C) groups is 1. The number of guanidine groups is 1. The summed E-state index contributed by atoms with van der Waals surface area (Å²) in [4.78, 5) is 38.0. The van der Waals surface area contributed by atoms with Crippen LogP contribution in [-0.4, -0.2) is 64.1 Å². The van der Waals surface area contributed by atoms with E-state index in [0.29, 0.717) is 42.9 Å². The van der Waals surface area contributed by atoms with Crippen LogP contribution in [0.3, 0.4) is 0 Å². The number of hydrogen-bond donors (Lipinski definition) is 4. The van der Waals surface area contributed by atoms with Crippen LogP contribution in [0.15, 0.2) is 35.3 Å². The van der Waals surface area contributed by atoms with Gasteiger partial charge in [-0.1, -0.05) is 0 Å². The number of aryl methyl sites for hydroxylation is 2. The van der Waals surface area contributed by atoms with Gasteiger partial charge in [-0.25, -0.2) is 19.6 Å². The van der Waals surface area contributed by atoms with Crippen LogP contribution in [0.2, 0.25) is 0 Å². The highest BCUT2D eigenvalue weighted by Crippen LogP contribution is 2.10. The Morgan fingerprint density at radius 3 is 2.62 bits per heavy atom. The molecule has 1 aromatic carbocycles. The van der Waals surface area contributed by atoms with Gasteiger partial charge in [-0.15, -0.1) is 0 Å². The highest BCUT2D eigenvalue weighted by atomic mass is 16.4. The molecule has 0 saturated heterocycles. The predicted molar refractivity (Wildman–Crippen MR) is 109 cm³/mol. The Morgan fingerprint density at radius 2 is 1.93 bits per heavy atom. The van der Waals surface area contributed by atoms with E-state index in [1.54, 1.807) is 12.1 Å². The van der Waals surface area contributed by atoms with E-state index in [0.717, 1.165) is 12.2 Å². The first kappa shape index (κ1) is 20.1. The first-order valence-corrected chi connectivity index (χ1v) is 9.17. The molecule has 0 bridgehead atoms. The first-order chi connectivity index (χ1) is 13.9. The van der Waals surface area contributed by atoms with Gasteiger partial charge in [-0.2, -0.15) is 0 Å². The van der Waals surface area contributed by atoms with Crippen LogP contribution in [0.25, 0.3) is 0 Å². The molecule has 1 aromatic heterocycles. The third-order valence-corrected chi connectivity index (χ3v) is 4.19. The van der Waals surface area contributed by atoms with Gasteiger partial charge >= 0.3 is 12.0 Å². The fourth-order valence-corrected chi connectivity index (χ4v) is 2.89. The lowest BCUT2D eigenvalue weighted by atomic mass is 10.2. The standard InChI is InChI=1S/C19H23N7O3/c1-12-11-16(23-13(2)22-12)25-18-20-7-9-26(18)10-8-21-19(29)24-15-5-3-14(4-6-15)17(27)28/h3-6,11H,7-10H2,1-2H3,(H,27,28)(H2,21,24,29)(H,20,22,23,25). The second-order valence-corrected chi connectivity index (χ2v) is 6.52. The van der Waals surface area contributed by atoms with Crippen LogP contribution in [0, 0.1) is 13.8 Å². The van der Waals surface area contributed by atoms with Crippen molar-refractivity contribution in [2.24, 2.45) is 4.99 Å². The Balaban J connectivity index is 1.46. The van der Waals surface area contributed by atoms with E-state index in [2.05, 4.69) is 30.9 Å². The number of aromatic nitrogens is 2. The normalized spacial score (nSPS) is 13.0. The van der Waals surface area contributed by atoms with Crippen molar-refractivity contribution in [3.63, 3.8) is 0 Å². The van der Waals surface area contributed by atoms with E-state index < -0.39 is 5.97 Å². The number of carbonyl (C=O) groups is 2. The molecule has 1 aliphatic rings. The quantitative estimate of drug-likeness (QED) is 0.583. The van der Waals surface area contributed by atoms with Gasteiger partial charge in [-0.3, -0.25) is 4.99 Å². The molecule has 1 aliphatic heterocycles. The summed E-state index contributed by atoms with van der Waals surface area (Å²) in [5.41, 5.74) is 1.56. The molecular weight excluding hydrogens is 374 g/mol. The number of carbonyl (C=O) groups excluding carboxylic acids is 1. The van der Waals surface area contributed by atoms with E-state index in [1.807, 2.05) is 24.8 Å². The predicted octanol–water partition coefficient (Wildman–Crippen LogP) is 1.70. The molecular formula is C19H23N7O3. The lowest BCUT2D eigenvalue weighted by Gasteiger charge is -2.21. The molecule has 29 heavy (non-hydrogen) atoms. The van der Waals surface area contributed by atoms with Crippen molar-refractivity contribution in [2.75, 3.05) is 36.8 Å². The molecule has 0 spiro atoms. The molecule has 0 fully saturated rings. The molecule has 152 valence electrons. The lowest BCUT2D eigenvalue weighted by Crippen LogP contribution is -2.40. The third-order valence-electron chi connectivity index (χ3n) is 4.19. The number of benzene rings is 1. The zero-order valence-corrected chi connectivity index (χ0v) is 16.3. The minimum atomic E-state index is -1.01. The Bertz CT molecular complexity index is 908. The molecule has 0 saturated carbocycles. The SMILES string of the molecule is Cc1cc(NC2=NCCN2CCNC(=O)Nc2ccc(C(=O)O)cc2)nc(C)n1. The van der Waals surface area contributed by atoms with Crippen LogP contribution in [0.1, 0.15) is 21.9 Å². The minimum absolute atomic E-state index is 0.165. The average Bonchev–Trinajstić information content (AvgIpc) is 3.08. The number of carboxylic acid groups (broad SMARTS) is 1. The molecule has 0 radical (unpaired) electrons. The summed E-state index contributed by atoms with van der Waals surface area (Å²) in [5, 5.41) is 17.6. The molecule has 2 aromatic rings. The highest BCUT2D eigenvalue weighted by molar-refractivity contribution is 5.94. The number of nitrogens with zero attached hydrogens (tertiary/aromatic N) is 4. The summed E-state index contributed by atoms with van der Waals surface area (Å²) in [6.45, 7) is 6.18. The molecule has 10 nitrogen and oxygen atoms in total. The number of urea groups is 1. The maximum absolute atomic E-state index is 12.0. The minimum Gasteiger partial charge on any atom is -0.478 e. The van der Waals surface area contributed by atoms with Crippen LogP contribution < -0.4 is 16.0 Å². The monoisotopic (exact) mass is 397 g/mol.